The van der Waals surface area contributed by atoms with Gasteiger partial charge in [0.1, 0.15) is 0 Å². The molecule has 1 aliphatic heterocycles. The molecule has 1 atom stereocenters. The van der Waals surface area contributed by atoms with Crippen molar-refractivity contribution >= 4 is 11.8 Å². The smallest absolute Gasteiger partial charge is 0.254 e. The Morgan fingerprint density at radius 2 is 1.71 bits per heavy atom. The third-order valence-electron chi connectivity index (χ3n) is 7.52. The Labute approximate surface area is 200 Å². The summed E-state index contributed by atoms with van der Waals surface area (Å²) in [6.07, 6.45) is 4.36. The molecule has 2 aliphatic carbocycles. The van der Waals surface area contributed by atoms with Crippen LogP contribution >= 0.6 is 0 Å². The topological polar surface area (TPSA) is 90.9 Å². The number of carbonyl (C=O) groups is 2. The number of benzene rings is 2. The van der Waals surface area contributed by atoms with E-state index in [9.17, 15) is 14.7 Å². The van der Waals surface area contributed by atoms with E-state index in [0.717, 1.165) is 32.1 Å². The van der Waals surface area contributed by atoms with Crippen molar-refractivity contribution in [3.05, 3.63) is 70.8 Å². The van der Waals surface area contributed by atoms with Crippen LogP contribution in [0.3, 0.4) is 0 Å². The van der Waals surface area contributed by atoms with Crippen molar-refractivity contribution in [2.45, 2.75) is 49.8 Å². The first-order chi connectivity index (χ1) is 16.5. The van der Waals surface area contributed by atoms with Crippen LogP contribution in [0.15, 0.2) is 48.5 Å². The zero-order chi connectivity index (χ0) is 23.5. The van der Waals surface area contributed by atoms with Crippen LogP contribution in [0.2, 0.25) is 0 Å². The fourth-order valence-corrected chi connectivity index (χ4v) is 5.36. The SMILES string of the molecule is O=C(NC[C@@H](O)CNC1Cc2ccccc2C1)c1ccc(C(=O)N2CCOCC23CCC3)cc1. The van der Waals surface area contributed by atoms with E-state index in [1.807, 2.05) is 4.90 Å². The maximum atomic E-state index is 13.1. The van der Waals surface area contributed by atoms with Crippen molar-refractivity contribution in [3.63, 3.8) is 0 Å². The first-order valence-corrected chi connectivity index (χ1v) is 12.3. The van der Waals surface area contributed by atoms with Crippen LogP contribution in [0.1, 0.15) is 51.1 Å². The number of ether oxygens (including phenoxy) is 1. The number of aliphatic hydroxyl groups excluding tert-OH is 1. The maximum Gasteiger partial charge on any atom is 0.254 e. The van der Waals surface area contributed by atoms with Gasteiger partial charge in [0, 0.05) is 36.8 Å². The molecule has 0 radical (unpaired) electrons. The number of nitrogens with one attached hydrogen (secondary N) is 2. The van der Waals surface area contributed by atoms with Crippen molar-refractivity contribution < 1.29 is 19.4 Å². The van der Waals surface area contributed by atoms with Gasteiger partial charge in [-0.3, -0.25) is 9.59 Å². The van der Waals surface area contributed by atoms with Gasteiger partial charge in [-0.15, -0.1) is 0 Å². The molecule has 0 bridgehead atoms. The summed E-state index contributed by atoms with van der Waals surface area (Å²) in [6.45, 7) is 2.39. The predicted molar refractivity (Wildman–Crippen MR) is 129 cm³/mol. The molecule has 7 heteroatoms. The van der Waals surface area contributed by atoms with Gasteiger partial charge in [0.05, 0.1) is 24.9 Å². The van der Waals surface area contributed by atoms with Crippen LogP contribution in [-0.2, 0) is 17.6 Å². The van der Waals surface area contributed by atoms with E-state index in [4.69, 9.17) is 4.74 Å². The largest absolute Gasteiger partial charge is 0.390 e. The average molecular weight is 464 g/mol. The summed E-state index contributed by atoms with van der Waals surface area (Å²) in [5.74, 6) is -0.251. The molecule has 1 saturated heterocycles. The van der Waals surface area contributed by atoms with Crippen molar-refractivity contribution in [1.82, 2.24) is 15.5 Å². The zero-order valence-electron chi connectivity index (χ0n) is 19.5. The second kappa shape index (κ2) is 9.86. The van der Waals surface area contributed by atoms with Gasteiger partial charge in [0.25, 0.3) is 11.8 Å². The summed E-state index contributed by atoms with van der Waals surface area (Å²) in [4.78, 5) is 27.6. The summed E-state index contributed by atoms with van der Waals surface area (Å²) < 4.78 is 5.63. The van der Waals surface area contributed by atoms with E-state index in [-0.39, 0.29) is 23.9 Å². The van der Waals surface area contributed by atoms with E-state index in [1.165, 1.54) is 11.1 Å². The zero-order valence-corrected chi connectivity index (χ0v) is 19.5. The number of rotatable bonds is 7. The summed E-state index contributed by atoms with van der Waals surface area (Å²) in [5.41, 5.74) is 3.65. The van der Waals surface area contributed by atoms with Crippen molar-refractivity contribution in [1.29, 1.82) is 0 Å². The summed E-state index contributed by atoms with van der Waals surface area (Å²) >= 11 is 0. The fourth-order valence-electron chi connectivity index (χ4n) is 5.36. The third-order valence-corrected chi connectivity index (χ3v) is 7.52. The minimum absolute atomic E-state index is 0.00511. The quantitative estimate of drug-likeness (QED) is 0.584. The fraction of sp³-hybridized carbons (Fsp3) is 0.481. The van der Waals surface area contributed by atoms with Crippen LogP contribution in [0.25, 0.3) is 0 Å². The molecule has 2 aromatic rings. The molecule has 34 heavy (non-hydrogen) atoms. The Hall–Kier alpha value is -2.74. The van der Waals surface area contributed by atoms with Gasteiger partial charge < -0.3 is 25.4 Å². The van der Waals surface area contributed by atoms with E-state index in [1.54, 1.807) is 24.3 Å². The molecule has 1 spiro atoms. The van der Waals surface area contributed by atoms with Gasteiger partial charge in [0.2, 0.25) is 0 Å². The number of morpholine rings is 1. The van der Waals surface area contributed by atoms with Crippen molar-refractivity contribution in [3.8, 4) is 0 Å². The Bertz CT molecular complexity index is 1010. The highest BCUT2D eigenvalue weighted by Crippen LogP contribution is 2.40. The molecular weight excluding hydrogens is 430 g/mol. The predicted octanol–water partition coefficient (Wildman–Crippen LogP) is 1.93. The van der Waals surface area contributed by atoms with Crippen molar-refractivity contribution in [2.24, 2.45) is 0 Å². The van der Waals surface area contributed by atoms with E-state index < -0.39 is 6.10 Å². The molecule has 1 saturated carbocycles. The summed E-state index contributed by atoms with van der Waals surface area (Å²) in [6, 6.07) is 15.5. The van der Waals surface area contributed by atoms with Gasteiger partial charge in [-0.05, 0) is 67.5 Å². The van der Waals surface area contributed by atoms with Crippen LogP contribution in [0.4, 0.5) is 0 Å². The summed E-state index contributed by atoms with van der Waals surface area (Å²) in [7, 11) is 0. The lowest BCUT2D eigenvalue weighted by Crippen LogP contribution is -2.62. The molecule has 0 aromatic heterocycles. The molecule has 3 N–H and O–H groups in total. The first-order valence-electron chi connectivity index (χ1n) is 12.3. The van der Waals surface area contributed by atoms with Crippen LogP contribution in [-0.4, -0.2) is 72.4 Å². The molecule has 2 fully saturated rings. The lowest BCUT2D eigenvalue weighted by Gasteiger charge is -2.52. The second-order valence-electron chi connectivity index (χ2n) is 9.81. The number of amides is 2. The van der Waals surface area contributed by atoms with E-state index >= 15 is 0 Å². The minimum atomic E-state index is -0.673. The molecule has 5 rings (SSSR count). The Morgan fingerprint density at radius 3 is 2.35 bits per heavy atom. The summed E-state index contributed by atoms with van der Waals surface area (Å²) in [5, 5.41) is 16.5. The molecule has 7 nitrogen and oxygen atoms in total. The Morgan fingerprint density at radius 1 is 1.03 bits per heavy atom. The highest BCUT2D eigenvalue weighted by Gasteiger charge is 2.47. The third kappa shape index (κ3) is 4.73. The number of nitrogens with zero attached hydrogens (tertiary/aromatic N) is 1. The number of fused-ring (bicyclic) bond motifs is 1. The minimum Gasteiger partial charge on any atom is -0.390 e. The first kappa shape index (κ1) is 23.0. The molecule has 0 unspecified atom stereocenters. The van der Waals surface area contributed by atoms with Gasteiger partial charge in [-0.25, -0.2) is 0 Å². The Kier molecular flexibility index (Phi) is 6.68. The molecule has 180 valence electrons. The number of carbonyl (C=O) groups excluding carboxylic acids is 2. The Balaban J connectivity index is 1.08. The lowest BCUT2D eigenvalue weighted by molar-refractivity contribution is -0.0877. The van der Waals surface area contributed by atoms with Crippen LogP contribution in [0, 0.1) is 0 Å². The van der Waals surface area contributed by atoms with Gasteiger partial charge in [-0.2, -0.15) is 0 Å². The van der Waals surface area contributed by atoms with Gasteiger partial charge >= 0.3 is 0 Å². The lowest BCUT2D eigenvalue weighted by atomic mass is 9.75. The van der Waals surface area contributed by atoms with E-state index in [2.05, 4.69) is 34.9 Å². The monoisotopic (exact) mass is 463 g/mol. The number of hydrogen-bond acceptors (Lipinski definition) is 5. The highest BCUT2D eigenvalue weighted by atomic mass is 16.5. The number of hydrogen-bond donors (Lipinski definition) is 3. The van der Waals surface area contributed by atoms with E-state index in [0.29, 0.717) is 43.5 Å². The van der Waals surface area contributed by atoms with Crippen molar-refractivity contribution in [2.75, 3.05) is 32.8 Å². The molecule has 2 amide bonds. The average Bonchev–Trinajstić information content (AvgIpc) is 3.28. The van der Waals surface area contributed by atoms with Crippen LogP contribution in [0.5, 0.6) is 0 Å². The highest BCUT2D eigenvalue weighted by molar-refractivity contribution is 5.98. The maximum absolute atomic E-state index is 13.1. The molecular formula is C27H33N3O4. The van der Waals surface area contributed by atoms with Crippen LogP contribution < -0.4 is 10.6 Å². The molecule has 3 aliphatic rings. The number of aliphatic hydroxyl groups is 1. The van der Waals surface area contributed by atoms with Gasteiger partial charge in [-0.1, -0.05) is 24.3 Å². The van der Waals surface area contributed by atoms with Gasteiger partial charge in [0.15, 0.2) is 0 Å². The normalized spacial score (nSPS) is 20.0. The standard InChI is InChI=1S/C27H33N3O4/c31-24(16-28-23-14-21-4-1-2-5-22(21)15-23)17-29-25(32)19-6-8-20(9-7-19)26(33)30-12-13-34-18-27(30)10-3-11-27/h1-2,4-9,23-24,28,31H,3,10-18H2,(H,29,32)/t24-/m0/s1. The second-order valence-corrected chi connectivity index (χ2v) is 9.81. The molecule has 2 aromatic carbocycles. The molecule has 1 heterocycles.